The molecule has 1 N–H and O–H groups in total. The van der Waals surface area contributed by atoms with E-state index < -0.39 is 0 Å². The number of hydrogen-bond donors (Lipinski definition) is 1. The van der Waals surface area contributed by atoms with Crippen LogP contribution in [0.4, 0.5) is 0 Å². The second kappa shape index (κ2) is 4.19. The Balaban J connectivity index is 1.89. The molecule has 2 rings (SSSR count). The maximum Gasteiger partial charge on any atom is 0.0774 e. The van der Waals surface area contributed by atoms with Gasteiger partial charge in [0.15, 0.2) is 0 Å². The molecule has 0 aromatic heterocycles. The summed E-state index contributed by atoms with van der Waals surface area (Å²) in [5, 5.41) is 10.3. The van der Waals surface area contributed by atoms with Crippen LogP contribution in [0.25, 0.3) is 0 Å². The molecular formula is C12H23NO. The van der Waals surface area contributed by atoms with E-state index in [1.165, 1.54) is 38.6 Å². The van der Waals surface area contributed by atoms with E-state index in [9.17, 15) is 5.11 Å². The van der Waals surface area contributed by atoms with Crippen LogP contribution in [0.15, 0.2) is 0 Å². The second-order valence-corrected chi connectivity index (χ2v) is 5.11. The quantitative estimate of drug-likeness (QED) is 0.749. The molecule has 2 fully saturated rings. The molecular weight excluding hydrogens is 174 g/mol. The summed E-state index contributed by atoms with van der Waals surface area (Å²) in [6.45, 7) is 4.41. The van der Waals surface area contributed by atoms with E-state index in [-0.39, 0.29) is 5.60 Å². The van der Waals surface area contributed by atoms with E-state index in [4.69, 9.17) is 0 Å². The predicted molar refractivity (Wildman–Crippen MR) is 58.3 cm³/mol. The fraction of sp³-hybridized carbons (Fsp3) is 1.00. The van der Waals surface area contributed by atoms with Crippen LogP contribution in [-0.2, 0) is 0 Å². The van der Waals surface area contributed by atoms with Crippen molar-refractivity contribution in [2.45, 2.75) is 63.5 Å². The van der Waals surface area contributed by atoms with Crippen molar-refractivity contribution in [2.75, 3.05) is 13.1 Å². The molecule has 1 heterocycles. The van der Waals surface area contributed by atoms with Gasteiger partial charge in [-0.2, -0.15) is 0 Å². The molecule has 0 radical (unpaired) electrons. The van der Waals surface area contributed by atoms with E-state index in [1.54, 1.807) is 0 Å². The summed E-state index contributed by atoms with van der Waals surface area (Å²) >= 11 is 0. The summed E-state index contributed by atoms with van der Waals surface area (Å²) in [5.41, 5.74) is -0.336. The maximum absolute atomic E-state index is 10.3. The average molecular weight is 197 g/mol. The fourth-order valence-corrected chi connectivity index (χ4v) is 3.13. The Morgan fingerprint density at radius 1 is 1.29 bits per heavy atom. The molecule has 1 unspecified atom stereocenters. The minimum absolute atomic E-state index is 0.336. The lowest BCUT2D eigenvalue weighted by Crippen LogP contribution is -2.43. The highest BCUT2D eigenvalue weighted by molar-refractivity contribution is 4.90. The van der Waals surface area contributed by atoms with Gasteiger partial charge in [-0.3, -0.25) is 4.90 Å². The van der Waals surface area contributed by atoms with Gasteiger partial charge in [0.1, 0.15) is 0 Å². The molecule has 82 valence electrons. The first-order valence-corrected chi connectivity index (χ1v) is 6.20. The molecule has 0 aromatic carbocycles. The standard InChI is InChI=1S/C12H23NO/c1-2-11-6-5-9-13(11)10-12(14)7-3-4-8-12/h11,14H,2-10H2,1H3. The van der Waals surface area contributed by atoms with Gasteiger partial charge in [-0.15, -0.1) is 0 Å². The first-order valence-electron chi connectivity index (χ1n) is 6.20. The number of β-amino-alcohol motifs (C(OH)–C–C–N with tert-alkyl or cyclic N) is 1. The molecule has 0 bridgehead atoms. The molecule has 1 aliphatic heterocycles. The van der Waals surface area contributed by atoms with Gasteiger partial charge in [-0.25, -0.2) is 0 Å². The largest absolute Gasteiger partial charge is 0.389 e. The van der Waals surface area contributed by atoms with Crippen molar-refractivity contribution in [2.24, 2.45) is 0 Å². The molecule has 14 heavy (non-hydrogen) atoms. The molecule has 0 spiro atoms. The normalized spacial score (nSPS) is 32.6. The van der Waals surface area contributed by atoms with E-state index in [2.05, 4.69) is 11.8 Å². The van der Waals surface area contributed by atoms with Crippen molar-refractivity contribution in [1.82, 2.24) is 4.90 Å². The molecule has 1 aliphatic carbocycles. The summed E-state index contributed by atoms with van der Waals surface area (Å²) in [5.74, 6) is 0. The minimum atomic E-state index is -0.336. The molecule has 0 amide bonds. The molecule has 1 atom stereocenters. The summed E-state index contributed by atoms with van der Waals surface area (Å²) < 4.78 is 0. The molecule has 1 saturated heterocycles. The summed E-state index contributed by atoms with van der Waals surface area (Å²) in [4.78, 5) is 2.52. The van der Waals surface area contributed by atoms with Crippen molar-refractivity contribution in [3.05, 3.63) is 0 Å². The Bertz CT molecular complexity index is 187. The molecule has 2 aliphatic rings. The van der Waals surface area contributed by atoms with Crippen LogP contribution in [0.1, 0.15) is 51.9 Å². The van der Waals surface area contributed by atoms with Gasteiger partial charge >= 0.3 is 0 Å². The van der Waals surface area contributed by atoms with Crippen molar-refractivity contribution >= 4 is 0 Å². The number of aliphatic hydroxyl groups is 1. The first-order chi connectivity index (χ1) is 6.73. The number of likely N-dealkylation sites (tertiary alicyclic amines) is 1. The zero-order chi connectivity index (χ0) is 10.0. The Kier molecular flexibility index (Phi) is 3.13. The monoisotopic (exact) mass is 197 g/mol. The number of rotatable bonds is 3. The third kappa shape index (κ3) is 2.12. The number of hydrogen-bond acceptors (Lipinski definition) is 2. The van der Waals surface area contributed by atoms with Crippen LogP contribution in [0.2, 0.25) is 0 Å². The van der Waals surface area contributed by atoms with Gasteiger partial charge in [0.25, 0.3) is 0 Å². The average Bonchev–Trinajstić information content (AvgIpc) is 2.75. The smallest absolute Gasteiger partial charge is 0.0774 e. The Morgan fingerprint density at radius 2 is 2.00 bits per heavy atom. The van der Waals surface area contributed by atoms with E-state index in [1.807, 2.05) is 0 Å². The molecule has 2 nitrogen and oxygen atoms in total. The topological polar surface area (TPSA) is 23.5 Å². The SMILES string of the molecule is CCC1CCCN1CC1(O)CCCC1. The van der Waals surface area contributed by atoms with Crippen molar-refractivity contribution in [1.29, 1.82) is 0 Å². The predicted octanol–water partition coefficient (Wildman–Crippen LogP) is 2.17. The maximum atomic E-state index is 10.3. The van der Waals surface area contributed by atoms with Crippen molar-refractivity contribution < 1.29 is 5.11 Å². The number of nitrogens with zero attached hydrogens (tertiary/aromatic N) is 1. The molecule has 0 aromatic rings. The van der Waals surface area contributed by atoms with Crippen LogP contribution >= 0.6 is 0 Å². The highest BCUT2D eigenvalue weighted by Crippen LogP contribution is 2.32. The fourth-order valence-electron chi connectivity index (χ4n) is 3.13. The molecule has 2 heteroatoms. The van der Waals surface area contributed by atoms with E-state index in [0.717, 1.165) is 25.4 Å². The third-order valence-corrected chi connectivity index (χ3v) is 4.00. The molecule has 1 saturated carbocycles. The van der Waals surface area contributed by atoms with Gasteiger partial charge < -0.3 is 5.11 Å². The minimum Gasteiger partial charge on any atom is -0.389 e. The summed E-state index contributed by atoms with van der Waals surface area (Å²) in [7, 11) is 0. The van der Waals surface area contributed by atoms with Gasteiger partial charge in [0.05, 0.1) is 5.60 Å². The zero-order valence-electron chi connectivity index (χ0n) is 9.34. The summed E-state index contributed by atoms with van der Waals surface area (Å²) in [6, 6.07) is 0.750. The highest BCUT2D eigenvalue weighted by atomic mass is 16.3. The van der Waals surface area contributed by atoms with Crippen molar-refractivity contribution in [3.8, 4) is 0 Å². The van der Waals surface area contributed by atoms with Crippen LogP contribution in [0.5, 0.6) is 0 Å². The first kappa shape index (κ1) is 10.4. The Hall–Kier alpha value is -0.0800. The van der Waals surface area contributed by atoms with Crippen LogP contribution in [0.3, 0.4) is 0 Å². The lowest BCUT2D eigenvalue weighted by atomic mass is 10.0. The zero-order valence-corrected chi connectivity index (χ0v) is 9.34. The van der Waals surface area contributed by atoms with Gasteiger partial charge in [-0.05, 0) is 38.6 Å². The second-order valence-electron chi connectivity index (χ2n) is 5.11. The van der Waals surface area contributed by atoms with Crippen LogP contribution in [0, 0.1) is 0 Å². The lowest BCUT2D eigenvalue weighted by Gasteiger charge is -2.32. The third-order valence-electron chi connectivity index (χ3n) is 4.00. The summed E-state index contributed by atoms with van der Waals surface area (Å²) in [6.07, 6.45) is 8.42. The Morgan fingerprint density at radius 3 is 2.64 bits per heavy atom. The van der Waals surface area contributed by atoms with Gasteiger partial charge in [0.2, 0.25) is 0 Å². The Labute approximate surface area is 87.3 Å². The lowest BCUT2D eigenvalue weighted by molar-refractivity contribution is 0.00542. The van der Waals surface area contributed by atoms with Crippen molar-refractivity contribution in [3.63, 3.8) is 0 Å². The van der Waals surface area contributed by atoms with Crippen LogP contribution in [-0.4, -0.2) is 34.7 Å². The van der Waals surface area contributed by atoms with Crippen LogP contribution < -0.4 is 0 Å². The highest BCUT2D eigenvalue weighted by Gasteiger charge is 2.35. The van der Waals surface area contributed by atoms with E-state index in [0.29, 0.717) is 0 Å². The van der Waals surface area contributed by atoms with E-state index >= 15 is 0 Å². The van der Waals surface area contributed by atoms with Gasteiger partial charge in [0, 0.05) is 12.6 Å². The van der Waals surface area contributed by atoms with Gasteiger partial charge in [-0.1, -0.05) is 19.8 Å².